The molecular formula is C11H15N3O3S. The van der Waals surface area contributed by atoms with E-state index in [1.807, 2.05) is 6.92 Å². The summed E-state index contributed by atoms with van der Waals surface area (Å²) in [5.74, 6) is 0.501. The monoisotopic (exact) mass is 269 g/mol. The summed E-state index contributed by atoms with van der Waals surface area (Å²) in [7, 11) is 1.49. The highest BCUT2D eigenvalue weighted by Gasteiger charge is 2.12. The molecular weight excluding hydrogens is 254 g/mol. The summed E-state index contributed by atoms with van der Waals surface area (Å²) in [5.41, 5.74) is 0.455. The highest BCUT2D eigenvalue weighted by molar-refractivity contribution is 7.80. The number of benzene rings is 1. The molecule has 0 bridgehead atoms. The lowest BCUT2D eigenvalue weighted by Crippen LogP contribution is -2.29. The molecule has 1 aromatic rings. The number of hydrogen-bond donors (Lipinski definition) is 2. The average Bonchev–Trinajstić information content (AvgIpc) is 2.36. The maximum absolute atomic E-state index is 10.7. The van der Waals surface area contributed by atoms with Crippen LogP contribution in [0.3, 0.4) is 0 Å². The Morgan fingerprint density at radius 1 is 1.56 bits per heavy atom. The summed E-state index contributed by atoms with van der Waals surface area (Å²) in [6, 6.07) is 4.30. The third-order valence-electron chi connectivity index (χ3n) is 2.18. The molecule has 0 amide bonds. The summed E-state index contributed by atoms with van der Waals surface area (Å²) >= 11 is 5.07. The van der Waals surface area contributed by atoms with Crippen LogP contribution in [0.4, 0.5) is 11.4 Å². The van der Waals surface area contributed by atoms with Crippen LogP contribution in [0.25, 0.3) is 0 Å². The van der Waals surface area contributed by atoms with Crippen molar-refractivity contribution in [2.45, 2.75) is 13.3 Å². The highest BCUT2D eigenvalue weighted by Crippen LogP contribution is 2.28. The Bertz CT molecular complexity index is 451. The van der Waals surface area contributed by atoms with Crippen molar-refractivity contribution in [3.63, 3.8) is 0 Å². The third kappa shape index (κ3) is 3.85. The third-order valence-corrected chi connectivity index (χ3v) is 2.42. The number of hydrogen-bond acceptors (Lipinski definition) is 4. The van der Waals surface area contributed by atoms with E-state index in [-0.39, 0.29) is 5.69 Å². The van der Waals surface area contributed by atoms with Gasteiger partial charge in [0, 0.05) is 18.7 Å². The van der Waals surface area contributed by atoms with Crippen molar-refractivity contribution in [2.24, 2.45) is 0 Å². The maximum atomic E-state index is 10.7. The van der Waals surface area contributed by atoms with Crippen molar-refractivity contribution < 1.29 is 9.66 Å². The average molecular weight is 269 g/mol. The molecule has 0 radical (unpaired) electrons. The number of ether oxygens (including phenoxy) is 1. The molecule has 0 spiro atoms. The minimum absolute atomic E-state index is 0.0170. The van der Waals surface area contributed by atoms with Gasteiger partial charge in [-0.15, -0.1) is 0 Å². The quantitative estimate of drug-likeness (QED) is 0.485. The predicted octanol–water partition coefficient (Wildman–Crippen LogP) is 2.30. The normalized spacial score (nSPS) is 9.67. The van der Waals surface area contributed by atoms with Gasteiger partial charge in [0.15, 0.2) is 5.11 Å². The number of anilines is 1. The van der Waals surface area contributed by atoms with Crippen LogP contribution in [0.1, 0.15) is 13.3 Å². The molecule has 0 unspecified atom stereocenters. The van der Waals surface area contributed by atoms with Crippen LogP contribution in [0.5, 0.6) is 5.75 Å². The van der Waals surface area contributed by atoms with Crippen LogP contribution in [-0.4, -0.2) is 23.7 Å². The molecule has 0 aliphatic heterocycles. The fourth-order valence-corrected chi connectivity index (χ4v) is 1.52. The van der Waals surface area contributed by atoms with E-state index in [0.717, 1.165) is 13.0 Å². The largest absolute Gasteiger partial charge is 0.495 e. The van der Waals surface area contributed by atoms with E-state index in [0.29, 0.717) is 16.5 Å². The van der Waals surface area contributed by atoms with Crippen molar-refractivity contribution in [3.05, 3.63) is 28.3 Å². The molecule has 98 valence electrons. The van der Waals surface area contributed by atoms with Gasteiger partial charge in [-0.05, 0) is 24.7 Å². The van der Waals surface area contributed by atoms with Crippen LogP contribution in [-0.2, 0) is 0 Å². The Labute approximate surface area is 110 Å². The van der Waals surface area contributed by atoms with Gasteiger partial charge in [-0.1, -0.05) is 6.92 Å². The zero-order valence-electron chi connectivity index (χ0n) is 10.2. The number of nitro groups is 1. The van der Waals surface area contributed by atoms with Crippen LogP contribution in [0.2, 0.25) is 0 Å². The van der Waals surface area contributed by atoms with E-state index >= 15 is 0 Å². The first kappa shape index (κ1) is 14.2. The Kier molecular flexibility index (Phi) is 5.31. The topological polar surface area (TPSA) is 76.4 Å². The number of non-ortho nitro benzene ring substituents is 1. The Balaban J connectivity index is 2.87. The van der Waals surface area contributed by atoms with E-state index < -0.39 is 4.92 Å². The number of nitrogens with one attached hydrogen (secondary N) is 2. The molecule has 2 N–H and O–H groups in total. The predicted molar refractivity (Wildman–Crippen MR) is 74.2 cm³/mol. The molecule has 0 aliphatic rings. The van der Waals surface area contributed by atoms with E-state index in [4.69, 9.17) is 17.0 Å². The van der Waals surface area contributed by atoms with Crippen molar-refractivity contribution >= 4 is 28.7 Å². The van der Waals surface area contributed by atoms with Crippen molar-refractivity contribution in [2.75, 3.05) is 19.0 Å². The number of rotatable bonds is 5. The number of methoxy groups -OCH3 is 1. The zero-order valence-corrected chi connectivity index (χ0v) is 11.0. The van der Waals surface area contributed by atoms with Gasteiger partial charge < -0.3 is 15.4 Å². The fourth-order valence-electron chi connectivity index (χ4n) is 1.31. The molecule has 0 atom stereocenters. The molecule has 18 heavy (non-hydrogen) atoms. The molecule has 0 saturated heterocycles. The highest BCUT2D eigenvalue weighted by atomic mass is 32.1. The lowest BCUT2D eigenvalue weighted by Gasteiger charge is -2.12. The SMILES string of the molecule is CCCNC(=S)Nc1cc([N+](=O)[O-])ccc1OC. The standard InChI is InChI=1S/C11H15N3O3S/c1-3-6-12-11(18)13-9-7-8(14(15)16)4-5-10(9)17-2/h4-5,7H,3,6H2,1-2H3,(H2,12,13,18). The first-order valence-electron chi connectivity index (χ1n) is 5.45. The number of nitrogens with zero attached hydrogens (tertiary/aromatic N) is 1. The minimum Gasteiger partial charge on any atom is -0.495 e. The Morgan fingerprint density at radius 3 is 2.83 bits per heavy atom. The van der Waals surface area contributed by atoms with E-state index in [2.05, 4.69) is 10.6 Å². The Morgan fingerprint density at radius 2 is 2.28 bits per heavy atom. The molecule has 6 nitrogen and oxygen atoms in total. The van der Waals surface area contributed by atoms with E-state index in [1.54, 1.807) is 0 Å². The lowest BCUT2D eigenvalue weighted by molar-refractivity contribution is -0.384. The van der Waals surface area contributed by atoms with Gasteiger partial charge in [-0.2, -0.15) is 0 Å². The smallest absolute Gasteiger partial charge is 0.271 e. The minimum atomic E-state index is -0.465. The second kappa shape index (κ2) is 6.75. The van der Waals surface area contributed by atoms with Crippen molar-refractivity contribution in [1.82, 2.24) is 5.32 Å². The lowest BCUT2D eigenvalue weighted by atomic mass is 10.2. The van der Waals surface area contributed by atoms with Crippen molar-refractivity contribution in [3.8, 4) is 5.75 Å². The Hall–Kier alpha value is -1.89. The van der Waals surface area contributed by atoms with Gasteiger partial charge in [0.2, 0.25) is 0 Å². The second-order valence-electron chi connectivity index (χ2n) is 3.52. The second-order valence-corrected chi connectivity index (χ2v) is 3.93. The first-order chi connectivity index (χ1) is 8.58. The molecule has 0 fully saturated rings. The summed E-state index contributed by atoms with van der Waals surface area (Å²) in [5, 5.41) is 17.0. The number of thiocarbonyl (C=S) groups is 1. The summed E-state index contributed by atoms with van der Waals surface area (Å²) in [6.45, 7) is 2.76. The molecule has 1 aromatic carbocycles. The van der Waals surface area contributed by atoms with Crippen LogP contribution in [0.15, 0.2) is 18.2 Å². The van der Waals surface area contributed by atoms with E-state index in [1.165, 1.54) is 25.3 Å². The summed E-state index contributed by atoms with van der Waals surface area (Å²) in [4.78, 5) is 10.2. The fraction of sp³-hybridized carbons (Fsp3) is 0.364. The van der Waals surface area contributed by atoms with Gasteiger partial charge in [-0.3, -0.25) is 10.1 Å². The van der Waals surface area contributed by atoms with E-state index in [9.17, 15) is 10.1 Å². The van der Waals surface area contributed by atoms with Crippen LogP contribution >= 0.6 is 12.2 Å². The van der Waals surface area contributed by atoms with Gasteiger partial charge in [0.25, 0.3) is 5.69 Å². The van der Waals surface area contributed by atoms with Gasteiger partial charge in [0.1, 0.15) is 5.75 Å². The molecule has 0 heterocycles. The molecule has 0 aliphatic carbocycles. The van der Waals surface area contributed by atoms with Crippen molar-refractivity contribution in [1.29, 1.82) is 0 Å². The molecule has 1 rings (SSSR count). The molecule has 0 saturated carbocycles. The summed E-state index contributed by atoms with van der Waals surface area (Å²) in [6.07, 6.45) is 0.938. The zero-order chi connectivity index (χ0) is 13.5. The van der Waals surface area contributed by atoms with Gasteiger partial charge >= 0.3 is 0 Å². The maximum Gasteiger partial charge on any atom is 0.271 e. The van der Waals surface area contributed by atoms with Gasteiger partial charge in [0.05, 0.1) is 17.7 Å². The van der Waals surface area contributed by atoms with Crippen LogP contribution < -0.4 is 15.4 Å². The van der Waals surface area contributed by atoms with Crippen LogP contribution in [0, 0.1) is 10.1 Å². The van der Waals surface area contributed by atoms with Gasteiger partial charge in [-0.25, -0.2) is 0 Å². The summed E-state index contributed by atoms with van der Waals surface area (Å²) < 4.78 is 5.11. The number of nitro benzene ring substituents is 1. The first-order valence-corrected chi connectivity index (χ1v) is 5.86. The molecule has 0 aromatic heterocycles. The molecule has 7 heteroatoms.